The Hall–Kier alpha value is -2.61. The van der Waals surface area contributed by atoms with Gasteiger partial charge in [-0.3, -0.25) is 4.99 Å². The minimum atomic E-state index is -3.69. The first-order valence-corrected chi connectivity index (χ1v) is 14.5. The summed E-state index contributed by atoms with van der Waals surface area (Å²) in [6, 6.07) is -0.418. The van der Waals surface area contributed by atoms with Crippen LogP contribution in [-0.4, -0.2) is 76.7 Å². The molecule has 0 amide bonds. The number of aliphatic hydroxyl groups is 1. The lowest BCUT2D eigenvalue weighted by atomic mass is 9.76. The molecule has 2 saturated carbocycles. The van der Waals surface area contributed by atoms with Crippen molar-refractivity contribution in [3.05, 3.63) is 46.1 Å². The molecule has 2 aromatic heterocycles. The van der Waals surface area contributed by atoms with E-state index in [2.05, 4.69) is 24.7 Å². The molecule has 36 heavy (non-hydrogen) atoms. The number of hydrogen-bond donors (Lipinski definition) is 3. The normalized spacial score (nSPS) is 31.9. The highest BCUT2D eigenvalue weighted by Gasteiger charge is 2.55. The van der Waals surface area contributed by atoms with Gasteiger partial charge in [-0.05, 0) is 37.5 Å². The van der Waals surface area contributed by atoms with E-state index in [0.29, 0.717) is 43.0 Å². The fraction of sp³-hybridized carbons (Fsp3) is 0.565. The number of ether oxygens (including phenoxy) is 1. The minimum Gasteiger partial charge on any atom is -0.466 e. The number of aliphatic imine (C=N–C) groups is 1. The molecule has 2 aromatic rings. The lowest BCUT2D eigenvalue weighted by molar-refractivity contribution is -0.136. The number of imidazole rings is 1. The first kappa shape index (κ1) is 23.8. The number of nitrogens with zero attached hydrogens (tertiary/aromatic N) is 4. The molecule has 3 fully saturated rings. The van der Waals surface area contributed by atoms with Crippen molar-refractivity contribution < 1.29 is 23.1 Å². The SMILES string of the molecule is COC(=O)C1=C2CC(NS(=O)(=O)C3C4CCC3CC(O)(c3ncc[nH]3)C4)CN2C(c2nccs2)=NC1. The van der Waals surface area contributed by atoms with Crippen LogP contribution in [0.2, 0.25) is 0 Å². The fourth-order valence-corrected chi connectivity index (χ4v) is 9.44. The Morgan fingerprint density at radius 3 is 2.69 bits per heavy atom. The minimum absolute atomic E-state index is 0.155. The number of aromatic amines is 1. The molecular formula is C23H28N6O5S2. The van der Waals surface area contributed by atoms with Crippen molar-refractivity contribution in [3.63, 3.8) is 0 Å². The molecule has 1 saturated heterocycles. The number of fused-ring (bicyclic) bond motifs is 3. The second-order valence-electron chi connectivity index (χ2n) is 10.0. The van der Waals surface area contributed by atoms with Gasteiger partial charge in [0.05, 0.1) is 24.5 Å². The highest BCUT2D eigenvalue weighted by molar-refractivity contribution is 7.90. The molecule has 0 spiro atoms. The van der Waals surface area contributed by atoms with E-state index in [4.69, 9.17) is 4.74 Å². The molecule has 4 aliphatic rings. The van der Waals surface area contributed by atoms with Crippen LogP contribution in [0.5, 0.6) is 0 Å². The van der Waals surface area contributed by atoms with Crippen molar-refractivity contribution in [2.45, 2.75) is 49.0 Å². The van der Waals surface area contributed by atoms with Crippen LogP contribution in [0.25, 0.3) is 0 Å². The Labute approximate surface area is 212 Å². The molecule has 2 aliphatic heterocycles. The summed E-state index contributed by atoms with van der Waals surface area (Å²) in [6.07, 6.45) is 7.58. The number of thiazole rings is 1. The molecule has 6 rings (SSSR count). The Morgan fingerprint density at radius 2 is 2.06 bits per heavy atom. The van der Waals surface area contributed by atoms with Gasteiger partial charge < -0.3 is 19.7 Å². The number of H-pyrrole nitrogens is 1. The Kier molecular flexibility index (Phi) is 5.78. The second-order valence-corrected chi connectivity index (χ2v) is 12.8. The van der Waals surface area contributed by atoms with Gasteiger partial charge in [0.1, 0.15) is 11.4 Å². The Morgan fingerprint density at radius 1 is 1.28 bits per heavy atom. The van der Waals surface area contributed by atoms with Gasteiger partial charge >= 0.3 is 5.97 Å². The van der Waals surface area contributed by atoms with Gasteiger partial charge in [0.25, 0.3) is 0 Å². The third-order valence-electron chi connectivity index (χ3n) is 7.88. The fourth-order valence-electron chi connectivity index (χ4n) is 6.53. The lowest BCUT2D eigenvalue weighted by Crippen LogP contribution is -2.51. The van der Waals surface area contributed by atoms with Gasteiger partial charge in [0.15, 0.2) is 10.8 Å². The number of aromatic nitrogens is 3. The number of carbonyl (C=O) groups excluding carboxylic acids is 1. The molecule has 13 heteroatoms. The molecule has 192 valence electrons. The first-order valence-electron chi connectivity index (χ1n) is 12.0. The predicted molar refractivity (Wildman–Crippen MR) is 131 cm³/mol. The van der Waals surface area contributed by atoms with Gasteiger partial charge in [0, 0.05) is 48.7 Å². The Balaban J connectivity index is 1.23. The maximum absolute atomic E-state index is 13.7. The summed E-state index contributed by atoms with van der Waals surface area (Å²) < 4.78 is 35.3. The van der Waals surface area contributed by atoms with Crippen molar-refractivity contribution in [1.29, 1.82) is 0 Å². The van der Waals surface area contributed by atoms with Crippen LogP contribution >= 0.6 is 11.3 Å². The zero-order valence-electron chi connectivity index (χ0n) is 19.8. The summed E-state index contributed by atoms with van der Waals surface area (Å²) >= 11 is 1.45. The van der Waals surface area contributed by atoms with E-state index in [1.807, 2.05) is 10.3 Å². The molecule has 0 aromatic carbocycles. The summed E-state index contributed by atoms with van der Waals surface area (Å²) in [7, 11) is -2.36. The topological polar surface area (TPSA) is 150 Å². The zero-order chi connectivity index (χ0) is 25.1. The summed E-state index contributed by atoms with van der Waals surface area (Å²) in [4.78, 5) is 30.5. The molecule has 3 N–H and O–H groups in total. The van der Waals surface area contributed by atoms with E-state index >= 15 is 0 Å². The summed E-state index contributed by atoms with van der Waals surface area (Å²) in [5, 5.41) is 13.3. The van der Waals surface area contributed by atoms with E-state index in [-0.39, 0.29) is 18.4 Å². The summed E-state index contributed by atoms with van der Waals surface area (Å²) in [5.74, 6) is 0.390. The molecule has 2 aliphatic carbocycles. The van der Waals surface area contributed by atoms with Crippen molar-refractivity contribution >= 4 is 33.2 Å². The molecule has 3 atom stereocenters. The van der Waals surface area contributed by atoms with E-state index in [1.54, 1.807) is 18.6 Å². The van der Waals surface area contributed by atoms with Gasteiger partial charge in [-0.15, -0.1) is 11.3 Å². The molecule has 4 heterocycles. The smallest absolute Gasteiger partial charge is 0.337 e. The van der Waals surface area contributed by atoms with Crippen LogP contribution in [0, 0.1) is 11.8 Å². The van der Waals surface area contributed by atoms with Gasteiger partial charge in [-0.2, -0.15) is 0 Å². The highest BCUT2D eigenvalue weighted by atomic mass is 32.2. The number of esters is 1. The number of rotatable bonds is 6. The number of amidine groups is 1. The van der Waals surface area contributed by atoms with Gasteiger partial charge in [-0.25, -0.2) is 27.9 Å². The Bertz CT molecular complexity index is 1310. The average molecular weight is 533 g/mol. The van der Waals surface area contributed by atoms with Gasteiger partial charge in [0.2, 0.25) is 10.0 Å². The maximum atomic E-state index is 13.7. The van der Waals surface area contributed by atoms with Crippen LogP contribution in [-0.2, 0) is 25.2 Å². The van der Waals surface area contributed by atoms with Crippen molar-refractivity contribution in [3.8, 4) is 0 Å². The predicted octanol–water partition coefficient (Wildman–Crippen LogP) is 1.12. The number of methoxy groups -OCH3 is 1. The third-order valence-corrected chi connectivity index (χ3v) is 10.8. The summed E-state index contributed by atoms with van der Waals surface area (Å²) in [6.45, 7) is 0.525. The van der Waals surface area contributed by atoms with Crippen LogP contribution < -0.4 is 4.72 Å². The highest BCUT2D eigenvalue weighted by Crippen LogP contribution is 2.52. The van der Waals surface area contributed by atoms with E-state index in [1.165, 1.54) is 18.4 Å². The van der Waals surface area contributed by atoms with Crippen LogP contribution in [0.4, 0.5) is 0 Å². The summed E-state index contributed by atoms with van der Waals surface area (Å²) in [5.41, 5.74) is 0.0450. The largest absolute Gasteiger partial charge is 0.466 e. The zero-order valence-corrected chi connectivity index (χ0v) is 21.4. The van der Waals surface area contributed by atoms with Crippen LogP contribution in [0.1, 0.15) is 42.9 Å². The molecule has 11 nitrogen and oxygen atoms in total. The van der Waals surface area contributed by atoms with Crippen molar-refractivity contribution in [2.24, 2.45) is 16.8 Å². The number of hydrogen-bond acceptors (Lipinski definition) is 10. The third kappa shape index (κ3) is 3.88. The number of nitrogens with one attached hydrogen (secondary N) is 2. The number of sulfonamides is 1. The maximum Gasteiger partial charge on any atom is 0.337 e. The lowest BCUT2D eigenvalue weighted by Gasteiger charge is -2.40. The first-order chi connectivity index (χ1) is 17.3. The standard InChI is InChI=1S/C23H28N6O5S2/c1-34-21(30)16-11-27-19(20-24-6-7-35-20)29-12-15(8-17(16)29)28-36(32,33)18-13-2-3-14(18)10-23(31,9-13)22-25-4-5-26-22/h4-7,13-15,18,28,31H,2-3,8-12H2,1H3,(H,25,26). The van der Waals surface area contributed by atoms with E-state index < -0.39 is 32.9 Å². The molecule has 3 unspecified atom stereocenters. The molecule has 0 radical (unpaired) electrons. The second kappa shape index (κ2) is 8.75. The molecule has 2 bridgehead atoms. The van der Waals surface area contributed by atoms with Crippen LogP contribution in [0.3, 0.4) is 0 Å². The molecular weight excluding hydrogens is 504 g/mol. The van der Waals surface area contributed by atoms with Crippen LogP contribution in [0.15, 0.2) is 40.2 Å². The van der Waals surface area contributed by atoms with E-state index in [0.717, 1.165) is 23.5 Å². The van der Waals surface area contributed by atoms with Crippen molar-refractivity contribution in [2.75, 3.05) is 20.2 Å². The van der Waals surface area contributed by atoms with Gasteiger partial charge in [-0.1, -0.05) is 0 Å². The average Bonchev–Trinajstić information content (AvgIpc) is 3.64. The number of carbonyl (C=O) groups is 1. The quantitative estimate of drug-likeness (QED) is 0.469. The van der Waals surface area contributed by atoms with Crippen molar-refractivity contribution in [1.82, 2.24) is 24.6 Å². The van der Waals surface area contributed by atoms with E-state index in [9.17, 15) is 18.3 Å². The monoisotopic (exact) mass is 532 g/mol.